The number of hydrogen-bond donors (Lipinski definition) is 0. The molecule has 2 nitrogen and oxygen atoms in total. The summed E-state index contributed by atoms with van der Waals surface area (Å²) in [6, 6.07) is 9.63. The zero-order valence-electron chi connectivity index (χ0n) is 8.52. The van der Waals surface area contributed by atoms with E-state index in [0.29, 0.717) is 12.4 Å². The number of rotatable bonds is 6. The standard InChI is InChI=1S/C12H14O2S/c1-2-15-9-8-12(13)14-10-11-6-4-3-5-7-11/h3-8H,1-2,9-10H2. The van der Waals surface area contributed by atoms with E-state index in [4.69, 9.17) is 4.74 Å². The summed E-state index contributed by atoms with van der Waals surface area (Å²) in [5.74, 6) is 1.17. The highest BCUT2D eigenvalue weighted by Crippen LogP contribution is 2.04. The lowest BCUT2D eigenvalue weighted by Crippen LogP contribution is -2.06. The Balaban J connectivity index is 2.17. The van der Waals surface area contributed by atoms with Crippen molar-refractivity contribution < 1.29 is 9.53 Å². The molecule has 0 atom stereocenters. The van der Waals surface area contributed by atoms with E-state index in [-0.39, 0.29) is 5.97 Å². The molecule has 0 aliphatic rings. The van der Waals surface area contributed by atoms with Gasteiger partial charge in [-0.3, -0.25) is 4.79 Å². The Kier molecular flexibility index (Phi) is 5.93. The highest BCUT2D eigenvalue weighted by molar-refractivity contribution is 7.99. The van der Waals surface area contributed by atoms with Gasteiger partial charge in [0, 0.05) is 5.75 Å². The van der Waals surface area contributed by atoms with Gasteiger partial charge < -0.3 is 4.74 Å². The van der Waals surface area contributed by atoms with Gasteiger partial charge in [-0.25, -0.2) is 0 Å². The van der Waals surface area contributed by atoms with Gasteiger partial charge in [0.05, 0.1) is 6.42 Å². The van der Waals surface area contributed by atoms with Gasteiger partial charge in [-0.15, -0.1) is 0 Å². The molecule has 80 valence electrons. The van der Waals surface area contributed by atoms with Crippen molar-refractivity contribution in [2.24, 2.45) is 0 Å². The molecule has 1 aromatic rings. The lowest BCUT2D eigenvalue weighted by molar-refractivity contribution is -0.140. The van der Waals surface area contributed by atoms with Crippen molar-refractivity contribution >= 4 is 17.7 Å². The fourth-order valence-electron chi connectivity index (χ4n) is 0.998. The normalized spacial score (nSPS) is 9.93. The third kappa shape index (κ3) is 5.47. The van der Waals surface area contributed by atoms with Crippen LogP contribution in [0.25, 0.3) is 0 Å². The van der Waals surface area contributed by atoms with Crippen LogP contribution in [0.3, 0.4) is 0 Å². The van der Waals surface area contributed by atoms with Crippen LogP contribution in [-0.4, -0.2) is 17.5 Å². The van der Waals surface area contributed by atoms with E-state index in [9.17, 15) is 4.79 Å². The van der Waals surface area contributed by atoms with Crippen LogP contribution in [-0.2, 0) is 16.1 Å². The first kappa shape index (κ1) is 12.1. The smallest absolute Gasteiger partial charge is 0.311 e. The molecule has 0 aliphatic carbocycles. The number of thioether (sulfide) groups is 1. The maximum atomic E-state index is 11.2. The quantitative estimate of drug-likeness (QED) is 0.546. The summed E-state index contributed by atoms with van der Waals surface area (Å²) in [4.78, 5) is 11.2. The van der Waals surface area contributed by atoms with Gasteiger partial charge in [-0.05, 0) is 18.2 Å². The molecule has 0 saturated carbocycles. The molecule has 0 spiro atoms. The molecule has 0 heterocycles. The lowest BCUT2D eigenvalue weighted by Gasteiger charge is -2.03. The van der Waals surface area contributed by atoms with Crippen molar-refractivity contribution in [3.63, 3.8) is 0 Å². The summed E-state index contributed by atoms with van der Waals surface area (Å²) in [5, 5.41) is 0. The molecule has 0 fully saturated rings. The lowest BCUT2D eigenvalue weighted by atomic mass is 10.2. The topological polar surface area (TPSA) is 26.3 Å². The second-order valence-corrected chi connectivity index (χ2v) is 4.02. The molecule has 1 aromatic carbocycles. The van der Waals surface area contributed by atoms with E-state index in [1.165, 1.54) is 0 Å². The van der Waals surface area contributed by atoms with E-state index in [1.54, 1.807) is 18.2 Å². The first-order valence-electron chi connectivity index (χ1n) is 4.74. The van der Waals surface area contributed by atoms with Crippen LogP contribution < -0.4 is 0 Å². The number of ether oxygens (including phenoxy) is 1. The molecule has 0 bridgehead atoms. The Morgan fingerprint density at radius 2 is 2.13 bits per heavy atom. The van der Waals surface area contributed by atoms with Crippen molar-refractivity contribution in [3.05, 3.63) is 49.2 Å². The van der Waals surface area contributed by atoms with Gasteiger partial charge >= 0.3 is 5.97 Å². The average molecular weight is 222 g/mol. The minimum atomic E-state index is -0.264. The molecule has 2 radical (unpaired) electrons. The molecule has 0 saturated heterocycles. The minimum Gasteiger partial charge on any atom is -0.461 e. The molecule has 0 aliphatic heterocycles. The van der Waals surface area contributed by atoms with E-state index in [0.717, 1.165) is 11.3 Å². The van der Waals surface area contributed by atoms with E-state index in [2.05, 4.69) is 6.92 Å². The minimum absolute atomic E-state index is 0.264. The zero-order valence-corrected chi connectivity index (χ0v) is 9.33. The summed E-state index contributed by atoms with van der Waals surface area (Å²) >= 11 is 1.59. The van der Waals surface area contributed by atoms with Crippen LogP contribution in [0.1, 0.15) is 5.56 Å². The fraction of sp³-hybridized carbons (Fsp3) is 0.250. The van der Waals surface area contributed by atoms with Crippen LogP contribution in [0, 0.1) is 13.3 Å². The molecule has 3 heteroatoms. The summed E-state index contributed by atoms with van der Waals surface area (Å²) < 4.78 is 5.05. The maximum Gasteiger partial charge on any atom is 0.311 e. The van der Waals surface area contributed by atoms with Crippen LogP contribution in [0.5, 0.6) is 0 Å². The fourth-order valence-corrected chi connectivity index (χ4v) is 1.42. The van der Waals surface area contributed by atoms with Gasteiger partial charge in [-0.1, -0.05) is 30.3 Å². The highest BCUT2D eigenvalue weighted by atomic mass is 32.2. The number of esters is 1. The molecule has 15 heavy (non-hydrogen) atoms. The predicted molar refractivity (Wildman–Crippen MR) is 63.2 cm³/mol. The van der Waals surface area contributed by atoms with Crippen molar-refractivity contribution in [1.29, 1.82) is 0 Å². The van der Waals surface area contributed by atoms with Gasteiger partial charge in [0.1, 0.15) is 6.61 Å². The van der Waals surface area contributed by atoms with Crippen LogP contribution >= 0.6 is 11.8 Å². The average Bonchev–Trinajstić information content (AvgIpc) is 2.28. The Hall–Kier alpha value is -0.960. The molecule has 0 N–H and O–H groups in total. The van der Waals surface area contributed by atoms with Gasteiger partial charge in [0.2, 0.25) is 0 Å². The summed E-state index contributed by atoms with van der Waals surface area (Å²) in [6.07, 6.45) is 1.54. The van der Waals surface area contributed by atoms with Gasteiger partial charge in [0.25, 0.3) is 0 Å². The molecular formula is C12H14O2S. The van der Waals surface area contributed by atoms with Crippen molar-refractivity contribution in [3.8, 4) is 0 Å². The predicted octanol–water partition coefficient (Wildman–Crippen LogP) is 2.50. The monoisotopic (exact) mass is 222 g/mol. The third-order valence-electron chi connectivity index (χ3n) is 1.74. The first-order valence-corrected chi connectivity index (χ1v) is 5.89. The van der Waals surface area contributed by atoms with Crippen molar-refractivity contribution in [2.45, 2.75) is 6.61 Å². The summed E-state index contributed by atoms with van der Waals surface area (Å²) in [5.41, 5.74) is 1.00. The maximum absolute atomic E-state index is 11.2. The van der Waals surface area contributed by atoms with Crippen molar-refractivity contribution in [2.75, 3.05) is 11.5 Å². The van der Waals surface area contributed by atoms with E-state index < -0.39 is 0 Å². The number of carbonyl (C=O) groups excluding carboxylic acids is 1. The molecule has 1 rings (SSSR count). The second kappa shape index (κ2) is 7.35. The van der Waals surface area contributed by atoms with Crippen LogP contribution in [0.15, 0.2) is 30.3 Å². The second-order valence-electron chi connectivity index (χ2n) is 2.87. The number of carbonyl (C=O) groups is 1. The van der Waals surface area contributed by atoms with Crippen LogP contribution in [0.2, 0.25) is 0 Å². The van der Waals surface area contributed by atoms with E-state index in [1.807, 2.05) is 30.3 Å². The zero-order chi connectivity index (χ0) is 10.9. The highest BCUT2D eigenvalue weighted by Gasteiger charge is 2.02. The molecule has 0 amide bonds. The Morgan fingerprint density at radius 3 is 2.80 bits per heavy atom. The number of benzene rings is 1. The van der Waals surface area contributed by atoms with Gasteiger partial charge in [-0.2, -0.15) is 11.8 Å². The van der Waals surface area contributed by atoms with Crippen molar-refractivity contribution in [1.82, 2.24) is 0 Å². The largest absolute Gasteiger partial charge is 0.461 e. The summed E-state index contributed by atoms with van der Waals surface area (Å²) in [7, 11) is 0. The Morgan fingerprint density at radius 1 is 1.40 bits per heavy atom. The van der Waals surface area contributed by atoms with E-state index >= 15 is 0 Å². The summed E-state index contributed by atoms with van der Waals surface area (Å²) in [6.45, 7) is 4.01. The molecule has 0 aromatic heterocycles. The first-order chi connectivity index (χ1) is 7.33. The molecular weight excluding hydrogens is 208 g/mol. The SMILES string of the molecule is [CH2]CSC[CH]C(=O)OCc1ccccc1. The Bertz CT molecular complexity index is 285. The molecule has 0 unspecified atom stereocenters. The number of hydrogen-bond acceptors (Lipinski definition) is 3. The third-order valence-corrected chi connectivity index (χ3v) is 2.43. The van der Waals surface area contributed by atoms with Gasteiger partial charge in [0.15, 0.2) is 0 Å². The van der Waals surface area contributed by atoms with Crippen LogP contribution in [0.4, 0.5) is 0 Å². The Labute approximate surface area is 95.0 Å².